The Labute approximate surface area is 119 Å². The molecule has 0 unspecified atom stereocenters. The third-order valence-electron chi connectivity index (χ3n) is 1.84. The van der Waals surface area contributed by atoms with E-state index in [0.29, 0.717) is 16.6 Å². The SMILES string of the molecule is Nc1noc(-c2ccc(I)c(Cl)c2)c1I. The molecular formula is C9H5ClI2N2O. The summed E-state index contributed by atoms with van der Waals surface area (Å²) in [6.45, 7) is 0. The van der Waals surface area contributed by atoms with Gasteiger partial charge in [-0.15, -0.1) is 0 Å². The third-order valence-corrected chi connectivity index (χ3v) is 4.46. The molecule has 1 aromatic carbocycles. The van der Waals surface area contributed by atoms with Crippen molar-refractivity contribution in [2.75, 3.05) is 5.73 Å². The Morgan fingerprint density at radius 3 is 2.60 bits per heavy atom. The highest BCUT2D eigenvalue weighted by Crippen LogP contribution is 2.31. The van der Waals surface area contributed by atoms with Crippen LogP contribution in [-0.2, 0) is 0 Å². The van der Waals surface area contributed by atoms with E-state index >= 15 is 0 Å². The van der Waals surface area contributed by atoms with Crippen LogP contribution in [0.15, 0.2) is 22.7 Å². The lowest BCUT2D eigenvalue weighted by Crippen LogP contribution is -1.86. The number of aromatic nitrogens is 1. The lowest BCUT2D eigenvalue weighted by Gasteiger charge is -1.99. The Kier molecular flexibility index (Phi) is 3.41. The predicted octanol–water partition coefficient (Wildman–Crippen LogP) is 3.79. The Morgan fingerprint density at radius 2 is 2.07 bits per heavy atom. The van der Waals surface area contributed by atoms with E-state index in [2.05, 4.69) is 50.3 Å². The van der Waals surface area contributed by atoms with Crippen LogP contribution in [0, 0.1) is 7.14 Å². The van der Waals surface area contributed by atoms with Crippen molar-refractivity contribution in [1.29, 1.82) is 0 Å². The molecule has 0 spiro atoms. The Morgan fingerprint density at radius 1 is 1.33 bits per heavy atom. The van der Waals surface area contributed by atoms with Gasteiger partial charge in [0, 0.05) is 9.13 Å². The average molecular weight is 446 g/mol. The van der Waals surface area contributed by atoms with Gasteiger partial charge in [-0.1, -0.05) is 16.8 Å². The van der Waals surface area contributed by atoms with Crippen molar-refractivity contribution in [3.05, 3.63) is 30.4 Å². The fourth-order valence-electron chi connectivity index (χ4n) is 1.11. The molecule has 0 aliphatic heterocycles. The van der Waals surface area contributed by atoms with E-state index in [4.69, 9.17) is 21.9 Å². The molecular weight excluding hydrogens is 441 g/mol. The molecule has 1 heterocycles. The maximum atomic E-state index is 6.02. The smallest absolute Gasteiger partial charge is 0.182 e. The van der Waals surface area contributed by atoms with Crippen molar-refractivity contribution in [3.63, 3.8) is 0 Å². The fourth-order valence-corrected chi connectivity index (χ4v) is 2.13. The zero-order valence-electron chi connectivity index (χ0n) is 7.30. The van der Waals surface area contributed by atoms with E-state index in [1.807, 2.05) is 18.2 Å². The van der Waals surface area contributed by atoms with Crippen molar-refractivity contribution < 1.29 is 4.52 Å². The molecule has 3 nitrogen and oxygen atoms in total. The topological polar surface area (TPSA) is 52.0 Å². The van der Waals surface area contributed by atoms with Gasteiger partial charge in [-0.25, -0.2) is 0 Å². The minimum atomic E-state index is 0.403. The minimum Gasteiger partial charge on any atom is -0.380 e. The number of anilines is 1. The minimum absolute atomic E-state index is 0.403. The molecule has 0 saturated carbocycles. The summed E-state index contributed by atoms with van der Waals surface area (Å²) in [4.78, 5) is 0. The van der Waals surface area contributed by atoms with Gasteiger partial charge >= 0.3 is 0 Å². The van der Waals surface area contributed by atoms with Crippen LogP contribution >= 0.6 is 56.8 Å². The molecule has 78 valence electrons. The van der Waals surface area contributed by atoms with E-state index in [0.717, 1.165) is 12.7 Å². The molecule has 2 aromatic rings. The molecule has 0 aliphatic rings. The second kappa shape index (κ2) is 4.46. The highest BCUT2D eigenvalue weighted by molar-refractivity contribution is 14.1. The largest absolute Gasteiger partial charge is 0.380 e. The molecule has 0 fully saturated rings. The van der Waals surface area contributed by atoms with E-state index < -0.39 is 0 Å². The Bertz CT molecular complexity index is 513. The summed E-state index contributed by atoms with van der Waals surface area (Å²) >= 11 is 10.3. The monoisotopic (exact) mass is 446 g/mol. The highest BCUT2D eigenvalue weighted by Gasteiger charge is 2.13. The van der Waals surface area contributed by atoms with Gasteiger partial charge < -0.3 is 10.3 Å². The Hall–Kier alpha value is -0.0200. The molecule has 0 bridgehead atoms. The number of benzene rings is 1. The quantitative estimate of drug-likeness (QED) is 0.679. The van der Waals surface area contributed by atoms with Crippen molar-refractivity contribution in [1.82, 2.24) is 5.16 Å². The van der Waals surface area contributed by atoms with Crippen molar-refractivity contribution in [3.8, 4) is 11.3 Å². The predicted molar refractivity (Wildman–Crippen MR) is 76.8 cm³/mol. The summed E-state index contributed by atoms with van der Waals surface area (Å²) in [5.74, 6) is 1.06. The fraction of sp³-hybridized carbons (Fsp3) is 0. The molecule has 0 aliphatic carbocycles. The molecule has 0 radical (unpaired) electrons. The molecule has 2 rings (SSSR count). The zero-order chi connectivity index (χ0) is 11.0. The lowest BCUT2D eigenvalue weighted by molar-refractivity contribution is 0.435. The number of nitrogens with two attached hydrogens (primary N) is 1. The van der Waals surface area contributed by atoms with Gasteiger partial charge in [0.15, 0.2) is 11.6 Å². The van der Waals surface area contributed by atoms with Gasteiger partial charge in [0.05, 0.1) is 5.02 Å². The van der Waals surface area contributed by atoms with Crippen molar-refractivity contribution in [2.45, 2.75) is 0 Å². The number of nitrogen functional groups attached to an aromatic ring is 1. The second-order valence-electron chi connectivity index (χ2n) is 2.84. The van der Waals surface area contributed by atoms with Gasteiger partial charge in [0.2, 0.25) is 0 Å². The van der Waals surface area contributed by atoms with Gasteiger partial charge in [-0.05, 0) is 63.4 Å². The van der Waals surface area contributed by atoms with Crippen LogP contribution in [0.5, 0.6) is 0 Å². The number of rotatable bonds is 1. The van der Waals surface area contributed by atoms with E-state index in [9.17, 15) is 0 Å². The summed E-state index contributed by atoms with van der Waals surface area (Å²) in [5.41, 5.74) is 6.48. The first-order chi connectivity index (χ1) is 7.09. The van der Waals surface area contributed by atoms with Gasteiger partial charge in [0.25, 0.3) is 0 Å². The van der Waals surface area contributed by atoms with Crippen LogP contribution in [-0.4, -0.2) is 5.16 Å². The van der Waals surface area contributed by atoms with E-state index in [-0.39, 0.29) is 0 Å². The van der Waals surface area contributed by atoms with Crippen LogP contribution in [0.25, 0.3) is 11.3 Å². The van der Waals surface area contributed by atoms with Crippen molar-refractivity contribution in [2.24, 2.45) is 0 Å². The molecule has 6 heteroatoms. The second-order valence-corrected chi connectivity index (χ2v) is 5.49. The summed E-state index contributed by atoms with van der Waals surface area (Å²) in [7, 11) is 0. The first kappa shape index (κ1) is 11.5. The summed E-state index contributed by atoms with van der Waals surface area (Å²) in [5, 5.41) is 4.39. The number of hydrogen-bond acceptors (Lipinski definition) is 3. The van der Waals surface area contributed by atoms with Gasteiger partial charge in [0.1, 0.15) is 3.57 Å². The van der Waals surface area contributed by atoms with Gasteiger partial charge in [-0.2, -0.15) is 0 Å². The molecule has 0 atom stereocenters. The van der Waals surface area contributed by atoms with E-state index in [1.165, 1.54) is 0 Å². The molecule has 0 amide bonds. The van der Waals surface area contributed by atoms with Crippen LogP contribution in [0.2, 0.25) is 5.02 Å². The first-order valence-electron chi connectivity index (χ1n) is 3.95. The zero-order valence-corrected chi connectivity index (χ0v) is 12.4. The standard InChI is InChI=1S/C9H5ClI2N2O/c10-5-3-4(1-2-6(5)11)8-7(12)9(13)14-15-8/h1-3H,(H2,13,14). The van der Waals surface area contributed by atoms with E-state index in [1.54, 1.807) is 0 Å². The lowest BCUT2D eigenvalue weighted by atomic mass is 10.2. The molecule has 0 saturated heterocycles. The summed E-state index contributed by atoms with van der Waals surface area (Å²) in [6.07, 6.45) is 0. The third kappa shape index (κ3) is 2.23. The molecule has 2 N–H and O–H groups in total. The summed E-state index contributed by atoms with van der Waals surface area (Å²) < 4.78 is 6.94. The highest BCUT2D eigenvalue weighted by atomic mass is 127. The maximum Gasteiger partial charge on any atom is 0.182 e. The van der Waals surface area contributed by atoms with Crippen LogP contribution in [0.1, 0.15) is 0 Å². The number of halogens is 3. The normalized spacial score (nSPS) is 10.6. The van der Waals surface area contributed by atoms with Crippen LogP contribution < -0.4 is 5.73 Å². The van der Waals surface area contributed by atoms with Crippen LogP contribution in [0.4, 0.5) is 5.82 Å². The molecule has 1 aromatic heterocycles. The first-order valence-corrected chi connectivity index (χ1v) is 6.49. The Balaban J connectivity index is 2.55. The number of hydrogen-bond donors (Lipinski definition) is 1. The average Bonchev–Trinajstić information content (AvgIpc) is 2.53. The number of nitrogens with zero attached hydrogens (tertiary/aromatic N) is 1. The maximum absolute atomic E-state index is 6.02. The summed E-state index contributed by atoms with van der Waals surface area (Å²) in [6, 6.07) is 5.69. The van der Waals surface area contributed by atoms with Gasteiger partial charge in [-0.3, -0.25) is 0 Å². The molecule has 15 heavy (non-hydrogen) atoms. The van der Waals surface area contributed by atoms with Crippen molar-refractivity contribution >= 4 is 62.6 Å². The van der Waals surface area contributed by atoms with Crippen LogP contribution in [0.3, 0.4) is 0 Å².